The van der Waals surface area contributed by atoms with E-state index < -0.39 is 5.92 Å². The van der Waals surface area contributed by atoms with Crippen LogP contribution in [0.5, 0.6) is 0 Å². The summed E-state index contributed by atoms with van der Waals surface area (Å²) in [6, 6.07) is 11.3. The van der Waals surface area contributed by atoms with Crippen molar-refractivity contribution in [1.29, 1.82) is 0 Å². The van der Waals surface area contributed by atoms with Crippen LogP contribution in [0.25, 0.3) is 11.1 Å². The zero-order valence-electron chi connectivity index (χ0n) is 13.9. The number of fused-ring (bicyclic) bond motifs is 2. The number of Topliss-reactive ketones (excluding diaryl/α,β-unsaturated/α-hetero) is 2. The van der Waals surface area contributed by atoms with Crippen molar-refractivity contribution in [2.24, 2.45) is 11.8 Å². The first-order chi connectivity index (χ1) is 12.0. The molecule has 0 N–H and O–H groups in total. The van der Waals surface area contributed by atoms with Crippen LogP contribution in [0.15, 0.2) is 36.4 Å². The maximum atomic E-state index is 12.8. The molecule has 2 aliphatic rings. The van der Waals surface area contributed by atoms with Gasteiger partial charge in [0.2, 0.25) is 0 Å². The fourth-order valence-electron chi connectivity index (χ4n) is 4.30. The number of hydrogen-bond donors (Lipinski definition) is 0. The van der Waals surface area contributed by atoms with Gasteiger partial charge in [0.15, 0.2) is 11.6 Å². The van der Waals surface area contributed by atoms with E-state index in [1.807, 2.05) is 37.3 Å². The van der Waals surface area contributed by atoms with E-state index in [0.29, 0.717) is 15.6 Å². The van der Waals surface area contributed by atoms with Gasteiger partial charge in [-0.3, -0.25) is 9.59 Å². The number of ketones is 2. The number of aryl methyl sites for hydroxylation is 1. The first-order valence-electron chi connectivity index (χ1n) is 8.59. The van der Waals surface area contributed by atoms with Crippen LogP contribution in [0.1, 0.15) is 36.3 Å². The molecule has 0 heterocycles. The summed E-state index contributed by atoms with van der Waals surface area (Å²) >= 11 is 12.5. The van der Waals surface area contributed by atoms with Crippen molar-refractivity contribution in [1.82, 2.24) is 0 Å². The Balaban J connectivity index is 1.80. The van der Waals surface area contributed by atoms with Crippen LogP contribution in [0.2, 0.25) is 10.0 Å². The molecule has 0 aliphatic heterocycles. The van der Waals surface area contributed by atoms with Crippen LogP contribution in [-0.4, -0.2) is 11.6 Å². The van der Waals surface area contributed by atoms with Crippen LogP contribution in [-0.2, 0) is 9.59 Å². The molecule has 0 spiro atoms. The van der Waals surface area contributed by atoms with Crippen LogP contribution >= 0.6 is 23.2 Å². The second kappa shape index (κ2) is 6.26. The molecule has 2 aromatic rings. The average Bonchev–Trinajstić information content (AvgIpc) is 3.02. The molecular formula is C21H18Cl2O2. The summed E-state index contributed by atoms with van der Waals surface area (Å²) in [6.07, 6.45) is 2.39. The zero-order valence-corrected chi connectivity index (χ0v) is 15.4. The smallest absolute Gasteiger partial charge is 0.150 e. The molecule has 4 heteroatoms. The SMILES string of the molecule is Cc1cc(Cl)ccc1-c1ccc(Cl)c(C2C(=O)[C@@H]3CC[C@@H](C3)C2=O)c1. The molecule has 2 saturated carbocycles. The Kier molecular flexibility index (Phi) is 4.21. The van der Waals surface area contributed by atoms with Gasteiger partial charge in [-0.25, -0.2) is 0 Å². The summed E-state index contributed by atoms with van der Waals surface area (Å²) in [5, 5.41) is 1.17. The molecule has 3 atom stereocenters. The van der Waals surface area contributed by atoms with Crippen LogP contribution in [0, 0.1) is 18.8 Å². The molecule has 1 unspecified atom stereocenters. The summed E-state index contributed by atoms with van der Waals surface area (Å²) in [7, 11) is 0. The summed E-state index contributed by atoms with van der Waals surface area (Å²) < 4.78 is 0. The third-order valence-corrected chi connectivity index (χ3v) is 6.19. The topological polar surface area (TPSA) is 34.1 Å². The van der Waals surface area contributed by atoms with Gasteiger partial charge in [-0.1, -0.05) is 35.3 Å². The number of benzene rings is 2. The molecule has 0 saturated heterocycles. The lowest BCUT2D eigenvalue weighted by Gasteiger charge is -2.26. The lowest BCUT2D eigenvalue weighted by Crippen LogP contribution is -2.34. The van der Waals surface area contributed by atoms with E-state index in [2.05, 4.69) is 0 Å². The van der Waals surface area contributed by atoms with Gasteiger partial charge in [0.05, 0.1) is 0 Å². The Morgan fingerprint density at radius 2 is 1.60 bits per heavy atom. The Labute approximate surface area is 157 Å². The zero-order chi connectivity index (χ0) is 17.7. The van der Waals surface area contributed by atoms with Gasteiger partial charge in [-0.15, -0.1) is 0 Å². The van der Waals surface area contributed by atoms with Gasteiger partial charge < -0.3 is 0 Å². The van der Waals surface area contributed by atoms with Gasteiger partial charge in [-0.05, 0) is 72.7 Å². The number of carbonyl (C=O) groups excluding carboxylic acids is 2. The monoisotopic (exact) mass is 372 g/mol. The number of carbonyl (C=O) groups is 2. The minimum Gasteiger partial charge on any atom is -0.298 e. The van der Waals surface area contributed by atoms with Crippen molar-refractivity contribution in [3.8, 4) is 11.1 Å². The molecule has 4 rings (SSSR count). The molecule has 2 aliphatic carbocycles. The molecule has 25 heavy (non-hydrogen) atoms. The highest BCUT2D eigenvalue weighted by Crippen LogP contribution is 2.45. The molecule has 128 valence electrons. The van der Waals surface area contributed by atoms with Gasteiger partial charge in [0.1, 0.15) is 5.92 Å². The van der Waals surface area contributed by atoms with E-state index in [1.165, 1.54) is 0 Å². The summed E-state index contributed by atoms with van der Waals surface area (Å²) in [5.74, 6) is -0.572. The second-order valence-corrected chi connectivity index (χ2v) is 7.98. The van der Waals surface area contributed by atoms with E-state index in [9.17, 15) is 9.59 Å². The fourth-order valence-corrected chi connectivity index (χ4v) is 4.75. The quantitative estimate of drug-likeness (QED) is 0.640. The summed E-state index contributed by atoms with van der Waals surface area (Å²) in [6.45, 7) is 1.99. The number of halogens is 2. The van der Waals surface area contributed by atoms with Crippen molar-refractivity contribution in [3.63, 3.8) is 0 Å². The normalized spacial score (nSPS) is 25.5. The minimum atomic E-state index is -0.702. The van der Waals surface area contributed by atoms with E-state index in [0.717, 1.165) is 36.0 Å². The third kappa shape index (κ3) is 2.82. The van der Waals surface area contributed by atoms with Gasteiger partial charge in [0, 0.05) is 21.9 Å². The maximum Gasteiger partial charge on any atom is 0.150 e. The molecule has 2 aromatic carbocycles. The highest BCUT2D eigenvalue weighted by Gasteiger charge is 2.47. The summed E-state index contributed by atoms with van der Waals surface area (Å²) in [5.41, 5.74) is 3.68. The van der Waals surface area contributed by atoms with Crippen molar-refractivity contribution < 1.29 is 9.59 Å². The van der Waals surface area contributed by atoms with E-state index in [1.54, 1.807) is 6.07 Å². The maximum absolute atomic E-state index is 12.8. The Morgan fingerprint density at radius 3 is 2.24 bits per heavy atom. The molecule has 0 amide bonds. The Morgan fingerprint density at radius 1 is 0.920 bits per heavy atom. The summed E-state index contributed by atoms with van der Waals surface area (Å²) in [4.78, 5) is 25.6. The van der Waals surface area contributed by atoms with E-state index >= 15 is 0 Å². The molecule has 2 fully saturated rings. The van der Waals surface area contributed by atoms with E-state index in [-0.39, 0.29) is 23.4 Å². The number of hydrogen-bond acceptors (Lipinski definition) is 2. The van der Waals surface area contributed by atoms with Gasteiger partial charge >= 0.3 is 0 Å². The van der Waals surface area contributed by atoms with Crippen LogP contribution in [0.3, 0.4) is 0 Å². The van der Waals surface area contributed by atoms with Crippen LogP contribution in [0.4, 0.5) is 0 Å². The Hall–Kier alpha value is -1.64. The van der Waals surface area contributed by atoms with Gasteiger partial charge in [-0.2, -0.15) is 0 Å². The second-order valence-electron chi connectivity index (χ2n) is 7.14. The minimum absolute atomic E-state index is 0.0182. The van der Waals surface area contributed by atoms with Crippen molar-refractivity contribution in [2.75, 3.05) is 0 Å². The van der Waals surface area contributed by atoms with Gasteiger partial charge in [0.25, 0.3) is 0 Å². The van der Waals surface area contributed by atoms with Crippen molar-refractivity contribution >= 4 is 34.8 Å². The average molecular weight is 373 g/mol. The molecule has 0 radical (unpaired) electrons. The predicted octanol–water partition coefficient (Wildman–Crippen LogP) is 5.62. The Bertz CT molecular complexity index is 865. The van der Waals surface area contributed by atoms with Crippen molar-refractivity contribution in [3.05, 3.63) is 57.6 Å². The predicted molar refractivity (Wildman–Crippen MR) is 100 cm³/mol. The highest BCUT2D eigenvalue weighted by molar-refractivity contribution is 6.32. The highest BCUT2D eigenvalue weighted by atomic mass is 35.5. The first kappa shape index (κ1) is 16.8. The molecular weight excluding hydrogens is 355 g/mol. The molecule has 0 aromatic heterocycles. The largest absolute Gasteiger partial charge is 0.298 e. The first-order valence-corrected chi connectivity index (χ1v) is 9.34. The lowest BCUT2D eigenvalue weighted by atomic mass is 9.75. The lowest BCUT2D eigenvalue weighted by molar-refractivity contribution is -0.135. The molecule has 2 nitrogen and oxygen atoms in total. The van der Waals surface area contributed by atoms with Crippen LogP contribution < -0.4 is 0 Å². The standard InChI is InChI=1S/C21H18Cl2O2/c1-11-8-15(22)5-6-16(11)12-4-7-18(23)17(10-12)19-20(24)13-2-3-14(9-13)21(19)25/h4-8,10,13-14,19H,2-3,9H2,1H3/t13-,14+,19?. The van der Waals surface area contributed by atoms with Crippen molar-refractivity contribution in [2.45, 2.75) is 32.1 Å². The third-order valence-electron chi connectivity index (χ3n) is 5.61. The fraction of sp³-hybridized carbons (Fsp3) is 0.333. The van der Waals surface area contributed by atoms with E-state index in [4.69, 9.17) is 23.2 Å². The number of rotatable bonds is 2. The molecule has 2 bridgehead atoms.